The molecule has 1 atom stereocenters. The second-order valence-corrected chi connectivity index (χ2v) is 6.89. The largest absolute Gasteiger partial charge is 0.481 e. The van der Waals surface area contributed by atoms with E-state index < -0.39 is 19.5 Å². The topological polar surface area (TPSA) is 72.8 Å². The first kappa shape index (κ1) is 16.9. The number of benzene rings is 1. The van der Waals surface area contributed by atoms with Gasteiger partial charge >= 0.3 is 13.6 Å². The average Bonchev–Trinajstić information content (AvgIpc) is 2.47. The van der Waals surface area contributed by atoms with E-state index in [0.29, 0.717) is 12.8 Å². The third kappa shape index (κ3) is 5.45. The maximum atomic E-state index is 12.0. The van der Waals surface area contributed by atoms with E-state index in [4.69, 9.17) is 9.05 Å². The predicted molar refractivity (Wildman–Crippen MR) is 77.0 cm³/mol. The molecule has 112 valence electrons. The molecule has 0 saturated carbocycles. The minimum Gasteiger partial charge on any atom is -0.481 e. The summed E-state index contributed by atoms with van der Waals surface area (Å²) in [6, 6.07) is 9.86. The molecule has 0 aromatic heterocycles. The van der Waals surface area contributed by atoms with E-state index in [0.717, 1.165) is 6.42 Å². The molecule has 0 aliphatic heterocycles. The van der Waals surface area contributed by atoms with E-state index in [1.807, 2.05) is 30.3 Å². The van der Waals surface area contributed by atoms with Crippen molar-refractivity contribution in [1.29, 1.82) is 0 Å². The van der Waals surface area contributed by atoms with Crippen molar-refractivity contribution < 1.29 is 23.5 Å². The average molecular weight is 300 g/mol. The molecule has 0 aliphatic carbocycles. The van der Waals surface area contributed by atoms with Gasteiger partial charge in [0.1, 0.15) is 0 Å². The van der Waals surface area contributed by atoms with Crippen LogP contribution in [0.15, 0.2) is 30.3 Å². The van der Waals surface area contributed by atoms with Crippen molar-refractivity contribution in [3.8, 4) is 0 Å². The summed E-state index contributed by atoms with van der Waals surface area (Å²) >= 11 is 0. The summed E-state index contributed by atoms with van der Waals surface area (Å²) in [5.74, 6) is -1.68. The number of aryl methyl sites for hydroxylation is 1. The molecule has 1 aromatic rings. The Hall–Kier alpha value is -1.16. The monoisotopic (exact) mass is 300 g/mol. The number of aliphatic carboxylic acids is 1. The second kappa shape index (κ2) is 8.20. The highest BCUT2D eigenvalue weighted by Crippen LogP contribution is 2.48. The molecule has 0 amide bonds. The smallest absolute Gasteiger partial charge is 0.331 e. The van der Waals surface area contributed by atoms with Crippen LogP contribution in [0, 0.1) is 5.92 Å². The Balaban J connectivity index is 2.52. The van der Waals surface area contributed by atoms with E-state index in [9.17, 15) is 14.5 Å². The van der Waals surface area contributed by atoms with Gasteiger partial charge in [-0.25, -0.2) is 0 Å². The lowest BCUT2D eigenvalue weighted by molar-refractivity contribution is -0.141. The quantitative estimate of drug-likeness (QED) is 0.709. The van der Waals surface area contributed by atoms with Gasteiger partial charge in [0.2, 0.25) is 0 Å². The van der Waals surface area contributed by atoms with E-state index in [1.54, 1.807) is 0 Å². The van der Waals surface area contributed by atoms with Crippen molar-refractivity contribution in [1.82, 2.24) is 0 Å². The number of carboxylic acids is 1. The molecule has 0 saturated heterocycles. The van der Waals surface area contributed by atoms with E-state index >= 15 is 0 Å². The summed E-state index contributed by atoms with van der Waals surface area (Å²) in [6.45, 7) is 0. The summed E-state index contributed by atoms with van der Waals surface area (Å²) < 4.78 is 21.6. The van der Waals surface area contributed by atoms with Gasteiger partial charge in [0, 0.05) is 14.2 Å². The molecule has 1 rings (SSSR count). The van der Waals surface area contributed by atoms with Crippen molar-refractivity contribution in [3.05, 3.63) is 35.9 Å². The first-order chi connectivity index (χ1) is 9.50. The zero-order valence-corrected chi connectivity index (χ0v) is 12.7. The summed E-state index contributed by atoms with van der Waals surface area (Å²) in [6.07, 6.45) is 1.87. The number of hydrogen-bond acceptors (Lipinski definition) is 4. The van der Waals surface area contributed by atoms with E-state index in [-0.39, 0.29) is 6.16 Å². The molecule has 5 nitrogen and oxygen atoms in total. The van der Waals surface area contributed by atoms with Gasteiger partial charge in [-0.1, -0.05) is 30.3 Å². The molecule has 0 radical (unpaired) electrons. The molecule has 20 heavy (non-hydrogen) atoms. The molecular weight excluding hydrogens is 279 g/mol. The van der Waals surface area contributed by atoms with Crippen LogP contribution in [0.2, 0.25) is 0 Å². The van der Waals surface area contributed by atoms with Gasteiger partial charge in [-0.2, -0.15) is 0 Å². The van der Waals surface area contributed by atoms with Crippen LogP contribution in [0.3, 0.4) is 0 Å². The maximum absolute atomic E-state index is 12.0. The molecular formula is C14H21O5P. The Morgan fingerprint density at radius 2 is 1.85 bits per heavy atom. The normalized spacial score (nSPS) is 13.1. The van der Waals surface area contributed by atoms with Crippen LogP contribution in [0.25, 0.3) is 0 Å². The van der Waals surface area contributed by atoms with Crippen LogP contribution in [0.5, 0.6) is 0 Å². The van der Waals surface area contributed by atoms with Gasteiger partial charge < -0.3 is 14.2 Å². The molecule has 1 N–H and O–H groups in total. The minimum atomic E-state index is -3.28. The first-order valence-corrected chi connectivity index (χ1v) is 8.21. The van der Waals surface area contributed by atoms with E-state index in [2.05, 4.69) is 0 Å². The first-order valence-electron chi connectivity index (χ1n) is 6.48. The highest BCUT2D eigenvalue weighted by Gasteiger charge is 2.30. The lowest BCUT2D eigenvalue weighted by Crippen LogP contribution is -2.19. The Labute approximate surface area is 119 Å². The summed E-state index contributed by atoms with van der Waals surface area (Å²) in [7, 11) is -0.742. The fraction of sp³-hybridized carbons (Fsp3) is 0.500. The molecule has 0 aliphatic rings. The van der Waals surface area contributed by atoms with Crippen molar-refractivity contribution >= 4 is 13.6 Å². The number of rotatable bonds is 9. The van der Waals surface area contributed by atoms with Gasteiger partial charge in [0.15, 0.2) is 0 Å². The molecule has 6 heteroatoms. The second-order valence-electron chi connectivity index (χ2n) is 4.57. The lowest BCUT2D eigenvalue weighted by Gasteiger charge is -2.18. The SMILES string of the molecule is COP(=O)(CC(CCCc1ccccc1)C(=O)O)OC. The van der Waals surface area contributed by atoms with Crippen LogP contribution in [-0.4, -0.2) is 31.5 Å². The fourth-order valence-electron chi connectivity index (χ4n) is 1.98. The van der Waals surface area contributed by atoms with Crippen molar-refractivity contribution in [2.24, 2.45) is 5.92 Å². The van der Waals surface area contributed by atoms with Crippen molar-refractivity contribution in [2.45, 2.75) is 19.3 Å². The zero-order chi connectivity index (χ0) is 15.0. The highest BCUT2D eigenvalue weighted by molar-refractivity contribution is 7.53. The third-order valence-corrected chi connectivity index (χ3v) is 5.21. The maximum Gasteiger partial charge on any atom is 0.331 e. The van der Waals surface area contributed by atoms with Crippen LogP contribution in [-0.2, 0) is 24.8 Å². The summed E-state index contributed by atoms with van der Waals surface area (Å²) in [5.41, 5.74) is 1.17. The Morgan fingerprint density at radius 3 is 2.35 bits per heavy atom. The number of hydrogen-bond donors (Lipinski definition) is 1. The number of carbonyl (C=O) groups is 1. The molecule has 1 aromatic carbocycles. The standard InChI is InChI=1S/C14H21O5P/c1-18-20(17,19-2)11-13(14(15)16)10-6-9-12-7-4-3-5-8-12/h3-5,7-8,13H,6,9-11H2,1-2H3,(H,15,16). The zero-order valence-electron chi connectivity index (χ0n) is 11.8. The van der Waals surface area contributed by atoms with Crippen LogP contribution in [0.1, 0.15) is 18.4 Å². The lowest BCUT2D eigenvalue weighted by atomic mass is 10.0. The van der Waals surface area contributed by atoms with Gasteiger partial charge in [-0.3, -0.25) is 9.36 Å². The highest BCUT2D eigenvalue weighted by atomic mass is 31.2. The minimum absolute atomic E-state index is 0.0931. The summed E-state index contributed by atoms with van der Waals surface area (Å²) in [5, 5.41) is 9.19. The van der Waals surface area contributed by atoms with Crippen molar-refractivity contribution in [2.75, 3.05) is 20.4 Å². The Bertz CT molecular complexity index is 452. The van der Waals surface area contributed by atoms with Gasteiger partial charge in [-0.05, 0) is 24.8 Å². The Morgan fingerprint density at radius 1 is 1.25 bits per heavy atom. The van der Waals surface area contributed by atoms with E-state index in [1.165, 1.54) is 19.8 Å². The van der Waals surface area contributed by atoms with Gasteiger partial charge in [0.25, 0.3) is 0 Å². The van der Waals surface area contributed by atoms with Gasteiger partial charge in [-0.15, -0.1) is 0 Å². The predicted octanol–water partition coefficient (Wildman–Crippen LogP) is 3.20. The molecule has 0 fully saturated rings. The fourth-order valence-corrected chi connectivity index (χ4v) is 3.31. The summed E-state index contributed by atoms with van der Waals surface area (Å²) in [4.78, 5) is 11.2. The van der Waals surface area contributed by atoms with Crippen LogP contribution >= 0.6 is 7.60 Å². The van der Waals surface area contributed by atoms with Crippen LogP contribution < -0.4 is 0 Å². The Kier molecular flexibility index (Phi) is 6.93. The van der Waals surface area contributed by atoms with Crippen LogP contribution in [0.4, 0.5) is 0 Å². The molecule has 0 spiro atoms. The molecule has 0 bridgehead atoms. The van der Waals surface area contributed by atoms with Crippen molar-refractivity contribution in [3.63, 3.8) is 0 Å². The third-order valence-electron chi connectivity index (χ3n) is 3.21. The molecule has 0 heterocycles. The molecule has 1 unspecified atom stereocenters. The van der Waals surface area contributed by atoms with Gasteiger partial charge in [0.05, 0.1) is 12.1 Å². The number of carboxylic acid groups (broad SMARTS) is 1.